The molecule has 0 atom stereocenters. The SMILES string of the molecule is O=S(=O)(NCCCN1CCNCC1)c1ccc(Br)cc1Br. The Morgan fingerprint density at radius 3 is 2.62 bits per heavy atom. The first kappa shape index (κ1) is 17.4. The second-order valence-electron chi connectivity index (χ2n) is 4.92. The van der Waals surface area contributed by atoms with E-state index in [0.717, 1.165) is 43.6 Å². The molecular weight excluding hydrogens is 422 g/mol. The minimum absolute atomic E-state index is 0.271. The molecule has 5 nitrogen and oxygen atoms in total. The van der Waals surface area contributed by atoms with E-state index in [9.17, 15) is 8.42 Å². The minimum atomic E-state index is -3.46. The molecule has 0 radical (unpaired) electrons. The van der Waals surface area contributed by atoms with E-state index in [0.29, 0.717) is 11.0 Å². The molecule has 2 rings (SSSR count). The fraction of sp³-hybridized carbons (Fsp3) is 0.538. The number of hydrogen-bond donors (Lipinski definition) is 2. The highest BCUT2D eigenvalue weighted by Crippen LogP contribution is 2.25. The number of nitrogens with one attached hydrogen (secondary N) is 2. The number of piperazine rings is 1. The summed E-state index contributed by atoms with van der Waals surface area (Å²) in [5.41, 5.74) is 0. The van der Waals surface area contributed by atoms with Gasteiger partial charge < -0.3 is 10.2 Å². The van der Waals surface area contributed by atoms with Gasteiger partial charge in [0.1, 0.15) is 0 Å². The zero-order chi connectivity index (χ0) is 15.3. The summed E-state index contributed by atoms with van der Waals surface area (Å²) in [7, 11) is -3.46. The number of nitrogens with zero attached hydrogens (tertiary/aromatic N) is 1. The molecule has 21 heavy (non-hydrogen) atoms. The summed E-state index contributed by atoms with van der Waals surface area (Å²) in [5, 5.41) is 3.30. The lowest BCUT2D eigenvalue weighted by atomic mass is 10.3. The molecular formula is C13H19Br2N3O2S. The average molecular weight is 441 g/mol. The minimum Gasteiger partial charge on any atom is -0.314 e. The van der Waals surface area contributed by atoms with Crippen LogP contribution in [0.15, 0.2) is 32.0 Å². The zero-order valence-electron chi connectivity index (χ0n) is 11.6. The van der Waals surface area contributed by atoms with Crippen molar-refractivity contribution in [2.75, 3.05) is 39.3 Å². The van der Waals surface area contributed by atoms with Gasteiger partial charge in [-0.25, -0.2) is 13.1 Å². The predicted octanol–water partition coefficient (Wildman–Crippen LogP) is 1.79. The van der Waals surface area contributed by atoms with Crippen molar-refractivity contribution < 1.29 is 8.42 Å². The van der Waals surface area contributed by atoms with E-state index in [-0.39, 0.29) is 4.90 Å². The maximum absolute atomic E-state index is 12.2. The Labute approximate surface area is 142 Å². The number of rotatable bonds is 6. The van der Waals surface area contributed by atoms with Crippen LogP contribution in [0.3, 0.4) is 0 Å². The van der Waals surface area contributed by atoms with Crippen molar-refractivity contribution in [1.29, 1.82) is 0 Å². The molecule has 0 spiro atoms. The fourth-order valence-corrected chi connectivity index (χ4v) is 5.03. The third-order valence-corrected chi connectivity index (χ3v) is 6.27. The van der Waals surface area contributed by atoms with Crippen molar-refractivity contribution in [2.24, 2.45) is 0 Å². The Morgan fingerprint density at radius 2 is 1.95 bits per heavy atom. The van der Waals surface area contributed by atoms with Gasteiger partial charge in [0.2, 0.25) is 10.0 Å². The van der Waals surface area contributed by atoms with Crippen LogP contribution in [-0.4, -0.2) is 52.6 Å². The van der Waals surface area contributed by atoms with Gasteiger partial charge in [-0.05, 0) is 47.1 Å². The molecule has 1 aliphatic heterocycles. The van der Waals surface area contributed by atoms with Crippen molar-refractivity contribution >= 4 is 41.9 Å². The Kier molecular flexibility index (Phi) is 6.64. The maximum atomic E-state index is 12.2. The van der Waals surface area contributed by atoms with Gasteiger partial charge >= 0.3 is 0 Å². The van der Waals surface area contributed by atoms with Gasteiger partial charge in [0.05, 0.1) is 4.90 Å². The third-order valence-electron chi connectivity index (χ3n) is 3.34. The van der Waals surface area contributed by atoms with E-state index in [1.807, 2.05) is 0 Å². The number of sulfonamides is 1. The molecule has 0 amide bonds. The topological polar surface area (TPSA) is 61.4 Å². The maximum Gasteiger partial charge on any atom is 0.241 e. The Bertz CT molecular complexity index is 575. The largest absolute Gasteiger partial charge is 0.314 e. The van der Waals surface area contributed by atoms with Crippen LogP contribution in [0.25, 0.3) is 0 Å². The molecule has 2 N–H and O–H groups in total. The molecule has 0 aliphatic carbocycles. The lowest BCUT2D eigenvalue weighted by Gasteiger charge is -2.27. The van der Waals surface area contributed by atoms with Gasteiger partial charge in [0.25, 0.3) is 0 Å². The number of hydrogen-bond acceptors (Lipinski definition) is 4. The van der Waals surface area contributed by atoms with Gasteiger partial charge in [-0.2, -0.15) is 0 Å². The number of halogens is 2. The van der Waals surface area contributed by atoms with Gasteiger partial charge in [-0.3, -0.25) is 0 Å². The summed E-state index contributed by atoms with van der Waals surface area (Å²) in [6.45, 7) is 5.46. The first-order valence-corrected chi connectivity index (χ1v) is 9.94. The molecule has 8 heteroatoms. The molecule has 0 unspecified atom stereocenters. The summed E-state index contributed by atoms with van der Waals surface area (Å²) >= 11 is 6.61. The molecule has 1 heterocycles. The standard InChI is InChI=1S/C13H19Br2N3O2S/c14-11-2-3-13(12(15)10-11)21(19,20)17-4-1-7-18-8-5-16-6-9-18/h2-3,10,16-17H,1,4-9H2. The van der Waals surface area contributed by atoms with Crippen molar-refractivity contribution in [3.05, 3.63) is 27.1 Å². The first-order chi connectivity index (χ1) is 9.99. The van der Waals surface area contributed by atoms with Crippen molar-refractivity contribution in [3.63, 3.8) is 0 Å². The Balaban J connectivity index is 1.83. The fourth-order valence-electron chi connectivity index (χ4n) is 2.21. The van der Waals surface area contributed by atoms with Gasteiger partial charge in [0, 0.05) is 41.7 Å². The predicted molar refractivity (Wildman–Crippen MR) is 91.0 cm³/mol. The van der Waals surface area contributed by atoms with Crippen molar-refractivity contribution in [2.45, 2.75) is 11.3 Å². The summed E-state index contributed by atoms with van der Waals surface area (Å²) in [4.78, 5) is 2.62. The molecule has 1 saturated heterocycles. The van der Waals surface area contributed by atoms with E-state index in [1.165, 1.54) is 0 Å². The third kappa shape index (κ3) is 5.30. The van der Waals surface area contributed by atoms with E-state index < -0.39 is 10.0 Å². The van der Waals surface area contributed by atoms with Gasteiger partial charge in [0.15, 0.2) is 0 Å². The summed E-state index contributed by atoms with van der Waals surface area (Å²) in [5.74, 6) is 0. The molecule has 0 bridgehead atoms. The lowest BCUT2D eigenvalue weighted by Crippen LogP contribution is -2.44. The van der Waals surface area contributed by atoms with Crippen molar-refractivity contribution in [3.8, 4) is 0 Å². The second-order valence-corrected chi connectivity index (χ2v) is 8.42. The van der Waals surface area contributed by atoms with E-state index in [1.54, 1.807) is 18.2 Å². The number of benzene rings is 1. The van der Waals surface area contributed by atoms with Crippen molar-refractivity contribution in [1.82, 2.24) is 14.9 Å². The van der Waals surface area contributed by atoms with Crippen LogP contribution >= 0.6 is 31.9 Å². The molecule has 0 aromatic heterocycles. The summed E-state index contributed by atoms with van der Waals surface area (Å²) < 4.78 is 28.5. The molecule has 1 aromatic carbocycles. The smallest absolute Gasteiger partial charge is 0.241 e. The van der Waals surface area contributed by atoms with Gasteiger partial charge in [-0.15, -0.1) is 0 Å². The molecule has 118 valence electrons. The molecule has 0 saturated carbocycles. The monoisotopic (exact) mass is 439 g/mol. The average Bonchev–Trinajstić information content (AvgIpc) is 2.44. The second kappa shape index (κ2) is 8.03. The van der Waals surface area contributed by atoms with Crippen LogP contribution < -0.4 is 10.0 Å². The zero-order valence-corrected chi connectivity index (χ0v) is 15.6. The lowest BCUT2D eigenvalue weighted by molar-refractivity contribution is 0.239. The highest BCUT2D eigenvalue weighted by Gasteiger charge is 2.17. The Hall–Kier alpha value is 0.01000. The summed E-state index contributed by atoms with van der Waals surface area (Å²) in [6.07, 6.45) is 0.813. The van der Waals surface area contributed by atoms with Crippen LogP contribution in [0, 0.1) is 0 Å². The summed E-state index contributed by atoms with van der Waals surface area (Å²) in [6, 6.07) is 5.04. The normalized spacial score (nSPS) is 17.0. The van der Waals surface area contributed by atoms with Crippen LogP contribution in [0.5, 0.6) is 0 Å². The molecule has 1 aromatic rings. The van der Waals surface area contributed by atoms with Crippen LogP contribution in [0.2, 0.25) is 0 Å². The van der Waals surface area contributed by atoms with E-state index in [4.69, 9.17) is 0 Å². The Morgan fingerprint density at radius 1 is 1.24 bits per heavy atom. The molecule has 1 aliphatic rings. The first-order valence-electron chi connectivity index (χ1n) is 6.87. The van der Waals surface area contributed by atoms with E-state index >= 15 is 0 Å². The van der Waals surface area contributed by atoms with Crippen LogP contribution in [-0.2, 0) is 10.0 Å². The quantitative estimate of drug-likeness (QED) is 0.662. The van der Waals surface area contributed by atoms with Crippen LogP contribution in [0.4, 0.5) is 0 Å². The highest BCUT2D eigenvalue weighted by atomic mass is 79.9. The van der Waals surface area contributed by atoms with E-state index in [2.05, 4.69) is 46.8 Å². The van der Waals surface area contributed by atoms with Crippen LogP contribution in [0.1, 0.15) is 6.42 Å². The molecule has 1 fully saturated rings. The van der Waals surface area contributed by atoms with Gasteiger partial charge in [-0.1, -0.05) is 15.9 Å². The highest BCUT2D eigenvalue weighted by molar-refractivity contribution is 9.11.